The molecule has 4 rings (SSSR count). The summed E-state index contributed by atoms with van der Waals surface area (Å²) in [7, 11) is 0. The number of hydrogen-bond acceptors (Lipinski definition) is 6. The Kier molecular flexibility index (Phi) is 6.77. The van der Waals surface area contributed by atoms with E-state index in [0.717, 1.165) is 22.1 Å². The summed E-state index contributed by atoms with van der Waals surface area (Å²) in [5.74, 6) is -0.313. The number of carbonyl (C=O) groups is 1. The predicted octanol–water partition coefficient (Wildman–Crippen LogP) is 6.77. The molecule has 0 bridgehead atoms. The fourth-order valence-electron chi connectivity index (χ4n) is 2.97. The van der Waals surface area contributed by atoms with Gasteiger partial charge in [-0.15, -0.1) is 11.3 Å². The molecule has 1 heterocycles. The van der Waals surface area contributed by atoms with Crippen LogP contribution in [0.25, 0.3) is 17.3 Å². The zero-order chi connectivity index (χ0) is 23.2. The molecule has 0 saturated carbocycles. The number of rotatable bonds is 7. The van der Waals surface area contributed by atoms with Gasteiger partial charge < -0.3 is 10.6 Å². The minimum absolute atomic E-state index is 0.00128. The maximum atomic E-state index is 12.3. The largest absolute Gasteiger partial charge is 0.331 e. The zero-order valence-electron chi connectivity index (χ0n) is 17.1. The molecule has 0 fully saturated rings. The Labute approximate surface area is 198 Å². The van der Waals surface area contributed by atoms with Crippen LogP contribution in [0.1, 0.15) is 5.56 Å². The van der Waals surface area contributed by atoms with Crippen molar-refractivity contribution in [3.05, 3.63) is 105 Å². The molecule has 3 aromatic carbocycles. The van der Waals surface area contributed by atoms with Gasteiger partial charge in [-0.25, -0.2) is 4.98 Å². The van der Waals surface area contributed by atoms with Crippen LogP contribution in [0.5, 0.6) is 0 Å². The maximum absolute atomic E-state index is 12.3. The average molecular weight is 477 g/mol. The molecule has 0 saturated heterocycles. The Morgan fingerprint density at radius 2 is 1.79 bits per heavy atom. The highest BCUT2D eigenvalue weighted by Crippen LogP contribution is 2.29. The van der Waals surface area contributed by atoms with E-state index in [1.165, 1.54) is 29.5 Å². The van der Waals surface area contributed by atoms with Crippen LogP contribution in [0.4, 0.5) is 22.2 Å². The molecule has 9 heteroatoms. The van der Waals surface area contributed by atoms with E-state index in [1.54, 1.807) is 30.3 Å². The van der Waals surface area contributed by atoms with E-state index in [9.17, 15) is 14.9 Å². The van der Waals surface area contributed by atoms with Crippen LogP contribution in [0.15, 0.2) is 84.3 Å². The lowest BCUT2D eigenvalue weighted by Crippen LogP contribution is -2.07. The van der Waals surface area contributed by atoms with Gasteiger partial charge in [-0.3, -0.25) is 14.9 Å². The van der Waals surface area contributed by atoms with E-state index in [-0.39, 0.29) is 11.6 Å². The molecule has 33 heavy (non-hydrogen) atoms. The van der Waals surface area contributed by atoms with Gasteiger partial charge in [-0.05, 0) is 54.1 Å². The number of nitro benzene ring substituents is 1. The Bertz CT molecular complexity index is 1340. The van der Waals surface area contributed by atoms with Gasteiger partial charge in [0.2, 0.25) is 5.91 Å². The number of anilines is 3. The lowest BCUT2D eigenvalue weighted by atomic mass is 10.1. The number of benzene rings is 3. The van der Waals surface area contributed by atoms with Crippen LogP contribution >= 0.6 is 22.9 Å². The van der Waals surface area contributed by atoms with Crippen LogP contribution in [0.3, 0.4) is 0 Å². The Balaban J connectivity index is 1.41. The number of hydrogen-bond donors (Lipinski definition) is 2. The number of nitrogens with one attached hydrogen (secondary N) is 2. The highest BCUT2D eigenvalue weighted by Gasteiger charge is 2.07. The van der Waals surface area contributed by atoms with Crippen molar-refractivity contribution < 1.29 is 9.72 Å². The number of carbonyl (C=O) groups excluding carboxylic acids is 1. The third-order valence-corrected chi connectivity index (χ3v) is 5.53. The van der Waals surface area contributed by atoms with Crippen LogP contribution in [0, 0.1) is 10.1 Å². The lowest BCUT2D eigenvalue weighted by molar-refractivity contribution is -0.384. The molecule has 0 aliphatic heterocycles. The first-order valence-corrected chi connectivity index (χ1v) is 11.0. The van der Waals surface area contributed by atoms with Gasteiger partial charge in [0.15, 0.2) is 5.13 Å². The zero-order valence-corrected chi connectivity index (χ0v) is 18.6. The highest BCUT2D eigenvalue weighted by molar-refractivity contribution is 7.14. The van der Waals surface area contributed by atoms with E-state index in [0.29, 0.717) is 16.3 Å². The van der Waals surface area contributed by atoms with E-state index < -0.39 is 4.92 Å². The monoisotopic (exact) mass is 476 g/mol. The normalized spacial score (nSPS) is 10.8. The number of nitrogens with zero attached hydrogens (tertiary/aromatic N) is 2. The van der Waals surface area contributed by atoms with Crippen molar-refractivity contribution in [2.24, 2.45) is 0 Å². The summed E-state index contributed by atoms with van der Waals surface area (Å²) in [5.41, 5.74) is 3.81. The molecule has 1 aromatic heterocycles. The van der Waals surface area contributed by atoms with Crippen molar-refractivity contribution >= 4 is 57.1 Å². The first-order chi connectivity index (χ1) is 16.0. The van der Waals surface area contributed by atoms with Gasteiger partial charge in [-0.2, -0.15) is 0 Å². The number of aromatic nitrogens is 1. The summed E-state index contributed by atoms with van der Waals surface area (Å²) in [6, 6.07) is 20.7. The molecule has 0 radical (unpaired) electrons. The third kappa shape index (κ3) is 6.03. The Morgan fingerprint density at radius 1 is 1.03 bits per heavy atom. The summed E-state index contributed by atoms with van der Waals surface area (Å²) >= 11 is 7.49. The Hall–Kier alpha value is -4.01. The molecule has 0 spiro atoms. The maximum Gasteiger partial charge on any atom is 0.269 e. The molecule has 4 aromatic rings. The smallest absolute Gasteiger partial charge is 0.269 e. The van der Waals surface area contributed by atoms with Crippen LogP contribution in [0.2, 0.25) is 5.02 Å². The molecular formula is C24H17ClN4O3S. The predicted molar refractivity (Wildman–Crippen MR) is 133 cm³/mol. The fourth-order valence-corrected chi connectivity index (χ4v) is 3.90. The van der Waals surface area contributed by atoms with Gasteiger partial charge in [-0.1, -0.05) is 29.8 Å². The molecule has 2 N–H and O–H groups in total. The minimum Gasteiger partial charge on any atom is -0.331 e. The lowest BCUT2D eigenvalue weighted by Gasteiger charge is -2.05. The second kappa shape index (κ2) is 10.1. The Morgan fingerprint density at radius 3 is 2.55 bits per heavy atom. The van der Waals surface area contributed by atoms with Gasteiger partial charge in [0.25, 0.3) is 5.69 Å². The highest BCUT2D eigenvalue weighted by atomic mass is 35.5. The standard InChI is InChI=1S/C24H17ClN4O3S/c25-18-4-2-6-20(14-18)27-24-28-22(15-33-24)17-3-1-5-19(13-17)26-23(30)12-9-16-7-10-21(11-8-16)29(31)32/h1-15H,(H,26,30)(H,27,28)/b12-9+. The number of non-ortho nitro benzene ring substituents is 1. The quantitative estimate of drug-likeness (QED) is 0.174. The van der Waals surface area contributed by atoms with Crippen LogP contribution < -0.4 is 10.6 Å². The number of amides is 1. The average Bonchev–Trinajstić information content (AvgIpc) is 3.27. The number of halogens is 1. The molecule has 7 nitrogen and oxygen atoms in total. The fraction of sp³-hybridized carbons (Fsp3) is 0. The van der Waals surface area contributed by atoms with Crippen molar-refractivity contribution in [2.75, 3.05) is 10.6 Å². The van der Waals surface area contributed by atoms with E-state index >= 15 is 0 Å². The van der Waals surface area contributed by atoms with Crippen molar-refractivity contribution in [3.63, 3.8) is 0 Å². The molecule has 0 atom stereocenters. The van der Waals surface area contributed by atoms with Crippen LogP contribution in [-0.2, 0) is 4.79 Å². The summed E-state index contributed by atoms with van der Waals surface area (Å²) in [5, 5.41) is 20.1. The SMILES string of the molecule is O=C(/C=C/c1ccc([N+](=O)[O-])cc1)Nc1cccc(-c2csc(Nc3cccc(Cl)c3)n2)c1. The second-order valence-electron chi connectivity index (χ2n) is 6.93. The van der Waals surface area contributed by atoms with E-state index in [2.05, 4.69) is 15.6 Å². The summed E-state index contributed by atoms with van der Waals surface area (Å²) < 4.78 is 0. The summed E-state index contributed by atoms with van der Waals surface area (Å²) in [6.45, 7) is 0. The topological polar surface area (TPSA) is 97.2 Å². The molecule has 1 amide bonds. The van der Waals surface area contributed by atoms with E-state index in [4.69, 9.17) is 11.6 Å². The number of thiazole rings is 1. The first-order valence-electron chi connectivity index (χ1n) is 9.78. The van der Waals surface area contributed by atoms with Crippen molar-refractivity contribution in [3.8, 4) is 11.3 Å². The van der Waals surface area contributed by atoms with Gasteiger partial charge in [0.05, 0.1) is 10.6 Å². The van der Waals surface area contributed by atoms with Crippen molar-refractivity contribution in [2.45, 2.75) is 0 Å². The molecule has 164 valence electrons. The van der Waals surface area contributed by atoms with E-state index in [1.807, 2.05) is 41.8 Å². The summed E-state index contributed by atoms with van der Waals surface area (Å²) in [4.78, 5) is 27.2. The second-order valence-corrected chi connectivity index (χ2v) is 8.22. The molecule has 0 unspecified atom stereocenters. The molecule has 0 aliphatic rings. The van der Waals surface area contributed by atoms with Crippen molar-refractivity contribution in [1.29, 1.82) is 0 Å². The van der Waals surface area contributed by atoms with Crippen LogP contribution in [-0.4, -0.2) is 15.8 Å². The van der Waals surface area contributed by atoms with Gasteiger partial charge in [0, 0.05) is 45.5 Å². The third-order valence-electron chi connectivity index (χ3n) is 4.54. The summed E-state index contributed by atoms with van der Waals surface area (Å²) in [6.07, 6.45) is 2.97. The van der Waals surface area contributed by atoms with Gasteiger partial charge in [0.1, 0.15) is 0 Å². The molecule has 0 aliphatic carbocycles. The molecular weight excluding hydrogens is 460 g/mol. The van der Waals surface area contributed by atoms with Gasteiger partial charge >= 0.3 is 0 Å². The number of nitro groups is 1. The minimum atomic E-state index is -0.466. The first kappa shape index (κ1) is 22.2. The van der Waals surface area contributed by atoms with Crippen molar-refractivity contribution in [1.82, 2.24) is 4.98 Å².